The molecule has 0 aromatic heterocycles. The molecule has 0 amide bonds. The van der Waals surface area contributed by atoms with Crippen molar-refractivity contribution in [1.29, 1.82) is 0 Å². The fourth-order valence-corrected chi connectivity index (χ4v) is 2.94. The van der Waals surface area contributed by atoms with Crippen molar-refractivity contribution in [3.05, 3.63) is 0 Å². The first-order valence-corrected chi connectivity index (χ1v) is 8.83. The lowest BCUT2D eigenvalue weighted by Crippen LogP contribution is -3.06. The highest BCUT2D eigenvalue weighted by atomic mass is 16.5. The van der Waals surface area contributed by atoms with Crippen LogP contribution in [0.4, 0.5) is 0 Å². The number of hydrogen-bond acceptors (Lipinski definition) is 3. The van der Waals surface area contributed by atoms with Crippen molar-refractivity contribution in [3.8, 4) is 0 Å². The molecule has 3 heterocycles. The van der Waals surface area contributed by atoms with Gasteiger partial charge in [-0.05, 0) is 0 Å². The Hall–Kier alpha value is -0.175. The summed E-state index contributed by atoms with van der Waals surface area (Å²) in [7, 11) is 3.85. The maximum atomic E-state index is 8.42. The molecule has 3 rings (SSSR count). The fourth-order valence-electron chi connectivity index (χ4n) is 2.94. The first-order valence-electron chi connectivity index (χ1n) is 8.83. The quantitative estimate of drug-likeness (QED) is 0.389. The molecule has 3 fully saturated rings. The highest BCUT2D eigenvalue weighted by Gasteiger charge is 2.08. The molecule has 3 N–H and O–H groups in total. The third kappa shape index (κ3) is 16.2. The number of likely N-dealkylation sites (tertiary alicyclic amines) is 3. The van der Waals surface area contributed by atoms with Crippen molar-refractivity contribution in [3.63, 3.8) is 0 Å². The van der Waals surface area contributed by atoms with Gasteiger partial charge in [0, 0.05) is 38.5 Å². The molecule has 0 radical (unpaired) electrons. The molecule has 22 heavy (non-hydrogen) atoms. The summed E-state index contributed by atoms with van der Waals surface area (Å²) in [6.45, 7) is 8.42. The number of hydrogen-bond donors (Lipinski definition) is 3. The molecule has 132 valence electrons. The van der Waals surface area contributed by atoms with E-state index in [-0.39, 0.29) is 0 Å². The van der Waals surface area contributed by atoms with Crippen LogP contribution in [0.2, 0.25) is 0 Å². The van der Waals surface area contributed by atoms with Gasteiger partial charge in [0.25, 0.3) is 0 Å². The Balaban J connectivity index is 0.000000271. The number of quaternary nitrogens is 3. The lowest BCUT2D eigenvalue weighted by Gasteiger charge is -2.35. The molecule has 0 atom stereocenters. The largest absolute Gasteiger partial charge is 0.907 e. The predicted octanol–water partition coefficient (Wildman–Crippen LogP) is -6.06. The topological polar surface area (TPSA) is 82.5 Å². The highest BCUT2D eigenvalue weighted by Crippen LogP contribution is 1.85. The van der Waals surface area contributed by atoms with Gasteiger partial charge in [0.15, 0.2) is 0 Å². The molecule has 0 unspecified atom stereocenters. The minimum atomic E-state index is -2.92. The third-order valence-corrected chi connectivity index (χ3v) is 4.37. The summed E-state index contributed by atoms with van der Waals surface area (Å²) in [6.07, 6.45) is 8.70. The molecule has 7 heteroatoms. The summed E-state index contributed by atoms with van der Waals surface area (Å²) < 4.78 is 0. The maximum Gasteiger partial charge on any atom is 0.0771 e. The maximum absolute atomic E-state index is 8.42. The van der Waals surface area contributed by atoms with Crippen LogP contribution in [0.3, 0.4) is 0 Å². The SMILES string of the molecule is C[NH+]1CCCC1.C[NH+]1CCCC1.C[NH+]1CCCC1.[O-]B([O-])[O-]. The third-order valence-electron chi connectivity index (χ3n) is 4.37. The molecular weight excluding hydrogens is 281 g/mol. The van der Waals surface area contributed by atoms with Gasteiger partial charge in [-0.3, -0.25) is 7.32 Å². The van der Waals surface area contributed by atoms with Gasteiger partial charge in [0.2, 0.25) is 0 Å². The van der Waals surface area contributed by atoms with Crippen molar-refractivity contribution < 1.29 is 29.8 Å². The van der Waals surface area contributed by atoms with E-state index in [1.807, 2.05) is 0 Å². The van der Waals surface area contributed by atoms with E-state index in [0.717, 1.165) is 0 Å². The van der Waals surface area contributed by atoms with Crippen LogP contribution >= 0.6 is 0 Å². The van der Waals surface area contributed by atoms with Crippen LogP contribution in [0.25, 0.3) is 0 Å². The van der Waals surface area contributed by atoms with Gasteiger partial charge in [-0.15, -0.1) is 0 Å². The zero-order valence-corrected chi connectivity index (χ0v) is 14.8. The molecule has 0 saturated carbocycles. The van der Waals surface area contributed by atoms with Crippen molar-refractivity contribution >= 4 is 7.32 Å². The second-order valence-corrected chi connectivity index (χ2v) is 6.78. The van der Waals surface area contributed by atoms with Gasteiger partial charge in [-0.1, -0.05) is 0 Å². The summed E-state index contributed by atoms with van der Waals surface area (Å²) in [5.41, 5.74) is 0. The Kier molecular flexibility index (Phi) is 14.3. The smallest absolute Gasteiger partial charge is 0.0771 e. The van der Waals surface area contributed by atoms with Gasteiger partial charge in [-0.25, -0.2) is 0 Å². The zero-order valence-electron chi connectivity index (χ0n) is 14.8. The molecule has 3 aliphatic heterocycles. The molecule has 0 spiro atoms. The Morgan fingerprint density at radius 2 is 0.636 bits per heavy atom. The van der Waals surface area contributed by atoms with E-state index in [2.05, 4.69) is 21.1 Å². The van der Waals surface area contributed by atoms with Gasteiger partial charge in [-0.2, -0.15) is 0 Å². The zero-order chi connectivity index (χ0) is 16.8. The van der Waals surface area contributed by atoms with Crippen LogP contribution in [0.15, 0.2) is 0 Å². The molecule has 0 aliphatic carbocycles. The Bertz CT molecular complexity index is 194. The van der Waals surface area contributed by atoms with Crippen molar-refractivity contribution in [2.45, 2.75) is 38.5 Å². The molecule has 0 aromatic rings. The van der Waals surface area contributed by atoms with Crippen molar-refractivity contribution in [2.24, 2.45) is 0 Å². The van der Waals surface area contributed by atoms with Crippen LogP contribution in [-0.4, -0.2) is 67.7 Å². The number of nitrogens with one attached hydrogen (secondary N) is 3. The molecule has 3 aliphatic rings. The first-order chi connectivity index (χ1) is 10.4. The highest BCUT2D eigenvalue weighted by molar-refractivity contribution is 6.24. The van der Waals surface area contributed by atoms with E-state index in [9.17, 15) is 0 Å². The van der Waals surface area contributed by atoms with E-state index >= 15 is 0 Å². The minimum Gasteiger partial charge on any atom is -0.907 e. The molecule has 0 aromatic carbocycles. The molecule has 6 nitrogen and oxygen atoms in total. The van der Waals surface area contributed by atoms with Crippen LogP contribution in [0.5, 0.6) is 0 Å². The van der Waals surface area contributed by atoms with Gasteiger partial charge in [0.1, 0.15) is 0 Å². The fraction of sp³-hybridized carbons (Fsp3) is 1.00. The second kappa shape index (κ2) is 14.4. The van der Waals surface area contributed by atoms with Crippen LogP contribution in [0.1, 0.15) is 38.5 Å². The molecule has 3 saturated heterocycles. The van der Waals surface area contributed by atoms with Crippen LogP contribution in [-0.2, 0) is 0 Å². The Morgan fingerprint density at radius 1 is 0.500 bits per heavy atom. The first kappa shape index (κ1) is 21.8. The van der Waals surface area contributed by atoms with Crippen molar-refractivity contribution in [2.75, 3.05) is 60.4 Å². The average molecular weight is 317 g/mol. The predicted molar refractivity (Wildman–Crippen MR) is 83.3 cm³/mol. The monoisotopic (exact) mass is 317 g/mol. The van der Waals surface area contributed by atoms with Crippen LogP contribution < -0.4 is 29.8 Å². The van der Waals surface area contributed by atoms with E-state index in [1.165, 1.54) is 77.8 Å². The minimum absolute atomic E-state index is 1.40. The second-order valence-electron chi connectivity index (χ2n) is 6.78. The summed E-state index contributed by atoms with van der Waals surface area (Å²) in [6, 6.07) is 0. The molecule has 0 bridgehead atoms. The summed E-state index contributed by atoms with van der Waals surface area (Å²) in [5, 5.41) is 25.2. The van der Waals surface area contributed by atoms with Crippen molar-refractivity contribution in [1.82, 2.24) is 0 Å². The van der Waals surface area contributed by atoms with E-state index in [0.29, 0.717) is 0 Å². The standard InChI is InChI=1S/3C5H11N.BO3/c3*1-6-4-2-3-5-6;2-1(3)4/h3*2-5H2,1H3;/q;;;-3/p+3. The van der Waals surface area contributed by atoms with Gasteiger partial charge in [0.05, 0.1) is 60.4 Å². The lowest BCUT2D eigenvalue weighted by atomic mass is 10.3. The van der Waals surface area contributed by atoms with E-state index in [1.54, 1.807) is 14.7 Å². The normalized spacial score (nSPS) is 22.1. The average Bonchev–Trinajstić information content (AvgIpc) is 3.15. The van der Waals surface area contributed by atoms with E-state index in [4.69, 9.17) is 15.1 Å². The summed E-state index contributed by atoms with van der Waals surface area (Å²) >= 11 is 0. The summed E-state index contributed by atoms with van der Waals surface area (Å²) in [4.78, 5) is 5.11. The summed E-state index contributed by atoms with van der Waals surface area (Å²) in [5.74, 6) is 0. The molecular formula is C15H36BN3O3. The van der Waals surface area contributed by atoms with Gasteiger partial charge >= 0.3 is 0 Å². The Morgan fingerprint density at radius 3 is 0.682 bits per heavy atom. The van der Waals surface area contributed by atoms with E-state index < -0.39 is 7.32 Å². The van der Waals surface area contributed by atoms with Gasteiger partial charge < -0.3 is 29.8 Å². The lowest BCUT2D eigenvalue weighted by molar-refractivity contribution is -0.866. The van der Waals surface area contributed by atoms with Crippen LogP contribution in [0, 0.1) is 0 Å². The number of rotatable bonds is 0. The Labute approximate surface area is 136 Å².